The lowest BCUT2D eigenvalue weighted by Gasteiger charge is -2.31. The van der Waals surface area contributed by atoms with Crippen molar-refractivity contribution in [2.24, 2.45) is 0 Å². The summed E-state index contributed by atoms with van der Waals surface area (Å²) >= 11 is 0. The molecule has 1 N–H and O–H groups in total. The molecule has 0 bridgehead atoms. The van der Waals surface area contributed by atoms with Gasteiger partial charge in [-0.1, -0.05) is 0 Å². The Balaban J connectivity index is 5.19. The van der Waals surface area contributed by atoms with Gasteiger partial charge in [0.1, 0.15) is 6.54 Å². The molecule has 0 saturated carbocycles. The molecule has 0 aromatic carbocycles. The Morgan fingerprint density at radius 3 is 2.22 bits per heavy atom. The van der Waals surface area contributed by atoms with Crippen molar-refractivity contribution in [1.82, 2.24) is 8.61 Å². The van der Waals surface area contributed by atoms with Gasteiger partial charge in [0.15, 0.2) is 0 Å². The molecule has 104 valence electrons. The van der Waals surface area contributed by atoms with Crippen molar-refractivity contribution in [3.8, 4) is 6.07 Å². The van der Waals surface area contributed by atoms with Crippen LogP contribution in [0.1, 0.15) is 27.2 Å². The fraction of sp³-hybridized carbons (Fsp3) is 0.800. The van der Waals surface area contributed by atoms with Gasteiger partial charge in [0.2, 0.25) is 0 Å². The quantitative estimate of drug-likeness (QED) is 0.719. The molecular formula is C10H19N3O4S. The molecule has 0 aromatic rings. The Kier molecular flexibility index (Phi) is 6.25. The first-order valence-electron chi connectivity index (χ1n) is 5.48. The molecule has 18 heavy (non-hydrogen) atoms. The molecule has 0 amide bonds. The lowest BCUT2D eigenvalue weighted by Crippen LogP contribution is -2.50. The van der Waals surface area contributed by atoms with Gasteiger partial charge in [-0.25, -0.2) is 0 Å². The summed E-state index contributed by atoms with van der Waals surface area (Å²) in [6.07, 6.45) is 0.0503. The normalized spacial score (nSPS) is 13.9. The van der Waals surface area contributed by atoms with Crippen LogP contribution in [0.2, 0.25) is 0 Å². The van der Waals surface area contributed by atoms with E-state index in [1.54, 1.807) is 20.8 Å². The number of rotatable bonds is 7. The number of aliphatic carboxylic acids is 1. The maximum absolute atomic E-state index is 12.2. The van der Waals surface area contributed by atoms with Crippen molar-refractivity contribution >= 4 is 16.2 Å². The average Bonchev–Trinajstić information content (AvgIpc) is 2.24. The van der Waals surface area contributed by atoms with Gasteiger partial charge < -0.3 is 5.11 Å². The first-order chi connectivity index (χ1) is 8.14. The van der Waals surface area contributed by atoms with Crippen LogP contribution < -0.4 is 0 Å². The predicted molar refractivity (Wildman–Crippen MR) is 65.9 cm³/mol. The minimum absolute atomic E-state index is 0.0503. The highest BCUT2D eigenvalue weighted by Crippen LogP contribution is 2.14. The third kappa shape index (κ3) is 4.25. The van der Waals surface area contributed by atoms with Gasteiger partial charge in [0.05, 0.1) is 12.5 Å². The van der Waals surface area contributed by atoms with E-state index in [9.17, 15) is 13.2 Å². The molecule has 0 aliphatic heterocycles. The largest absolute Gasteiger partial charge is 0.480 e. The Hall–Kier alpha value is -1.17. The fourth-order valence-electron chi connectivity index (χ4n) is 1.32. The van der Waals surface area contributed by atoms with Crippen molar-refractivity contribution in [3.05, 3.63) is 0 Å². The summed E-state index contributed by atoms with van der Waals surface area (Å²) < 4.78 is 26.3. The van der Waals surface area contributed by atoms with Gasteiger partial charge in [-0.15, -0.1) is 0 Å². The third-order valence-electron chi connectivity index (χ3n) is 2.53. The monoisotopic (exact) mass is 277 g/mol. The Labute approximate surface area is 108 Å². The molecule has 0 aliphatic carbocycles. The molecule has 0 heterocycles. The standard InChI is InChI=1S/C10H19N3O4S/c1-8(2)13(7-10(14)15)18(16,17)12(4)9(3)5-6-11/h8-9H,5,7H2,1-4H3,(H,14,15). The highest BCUT2D eigenvalue weighted by Gasteiger charge is 2.33. The second kappa shape index (κ2) is 6.68. The van der Waals surface area contributed by atoms with Gasteiger partial charge in [-0.05, 0) is 20.8 Å². The van der Waals surface area contributed by atoms with Gasteiger partial charge in [-0.2, -0.15) is 22.3 Å². The van der Waals surface area contributed by atoms with Gasteiger partial charge >= 0.3 is 5.97 Å². The number of carboxylic acids is 1. The van der Waals surface area contributed by atoms with E-state index in [0.29, 0.717) is 0 Å². The highest BCUT2D eigenvalue weighted by molar-refractivity contribution is 7.86. The summed E-state index contributed by atoms with van der Waals surface area (Å²) in [5.74, 6) is -1.21. The summed E-state index contributed by atoms with van der Waals surface area (Å²) in [5.41, 5.74) is 0. The van der Waals surface area contributed by atoms with Crippen LogP contribution in [0.15, 0.2) is 0 Å². The number of nitriles is 1. The van der Waals surface area contributed by atoms with E-state index in [2.05, 4.69) is 0 Å². The zero-order chi connectivity index (χ0) is 14.5. The van der Waals surface area contributed by atoms with Crippen LogP contribution >= 0.6 is 0 Å². The van der Waals surface area contributed by atoms with E-state index in [0.717, 1.165) is 8.61 Å². The molecule has 0 fully saturated rings. The van der Waals surface area contributed by atoms with Crippen LogP contribution in [0.4, 0.5) is 0 Å². The Bertz CT molecular complexity index is 427. The van der Waals surface area contributed by atoms with E-state index in [1.807, 2.05) is 6.07 Å². The maximum atomic E-state index is 12.2. The fourth-order valence-corrected chi connectivity index (χ4v) is 2.98. The van der Waals surface area contributed by atoms with E-state index in [4.69, 9.17) is 10.4 Å². The lowest BCUT2D eigenvalue weighted by molar-refractivity contribution is -0.137. The van der Waals surface area contributed by atoms with Crippen LogP contribution in [0.25, 0.3) is 0 Å². The molecule has 1 unspecified atom stereocenters. The van der Waals surface area contributed by atoms with Crippen molar-refractivity contribution < 1.29 is 18.3 Å². The molecule has 0 aromatic heterocycles. The number of nitrogens with zero attached hydrogens (tertiary/aromatic N) is 3. The highest BCUT2D eigenvalue weighted by atomic mass is 32.2. The van der Waals surface area contributed by atoms with E-state index >= 15 is 0 Å². The van der Waals surface area contributed by atoms with Crippen LogP contribution in [0.3, 0.4) is 0 Å². The lowest BCUT2D eigenvalue weighted by atomic mass is 10.3. The average molecular weight is 277 g/mol. The topological polar surface area (TPSA) is 102 Å². The molecule has 1 atom stereocenters. The van der Waals surface area contributed by atoms with Crippen LogP contribution in [0, 0.1) is 11.3 Å². The van der Waals surface area contributed by atoms with Crippen LogP contribution in [-0.4, -0.2) is 53.8 Å². The molecule has 0 radical (unpaired) electrons. The molecule has 0 spiro atoms. The maximum Gasteiger partial charge on any atom is 0.318 e. The summed E-state index contributed by atoms with van der Waals surface area (Å²) in [6, 6.07) is 0.914. The predicted octanol–water partition coefficient (Wildman–Crippen LogP) is 0.260. The molecule has 7 nitrogen and oxygen atoms in total. The van der Waals surface area contributed by atoms with Crippen LogP contribution in [-0.2, 0) is 15.0 Å². The second-order valence-corrected chi connectivity index (χ2v) is 6.21. The molecular weight excluding hydrogens is 258 g/mol. The SMILES string of the molecule is CC(CC#N)N(C)S(=O)(=O)N(CC(=O)O)C(C)C. The number of carbonyl (C=O) groups is 1. The van der Waals surface area contributed by atoms with Crippen molar-refractivity contribution in [2.75, 3.05) is 13.6 Å². The smallest absolute Gasteiger partial charge is 0.318 e. The van der Waals surface area contributed by atoms with Crippen LogP contribution in [0.5, 0.6) is 0 Å². The molecule has 0 saturated heterocycles. The van der Waals surface area contributed by atoms with Crippen molar-refractivity contribution in [1.29, 1.82) is 5.26 Å². The minimum Gasteiger partial charge on any atom is -0.480 e. The number of hydrogen-bond acceptors (Lipinski definition) is 4. The van der Waals surface area contributed by atoms with E-state index in [-0.39, 0.29) is 6.42 Å². The summed E-state index contributed by atoms with van der Waals surface area (Å²) in [4.78, 5) is 10.7. The Morgan fingerprint density at radius 1 is 1.39 bits per heavy atom. The summed E-state index contributed by atoms with van der Waals surface area (Å²) in [7, 11) is -2.54. The third-order valence-corrected chi connectivity index (χ3v) is 4.77. The molecule has 0 aliphatic rings. The van der Waals surface area contributed by atoms with Crippen molar-refractivity contribution in [3.63, 3.8) is 0 Å². The zero-order valence-electron chi connectivity index (χ0n) is 11.0. The van der Waals surface area contributed by atoms with Gasteiger partial charge in [0, 0.05) is 19.1 Å². The molecule has 8 heteroatoms. The summed E-state index contributed by atoms with van der Waals surface area (Å²) in [6.45, 7) is 4.20. The van der Waals surface area contributed by atoms with Gasteiger partial charge in [0.25, 0.3) is 10.2 Å². The molecule has 0 rings (SSSR count). The van der Waals surface area contributed by atoms with Gasteiger partial charge in [-0.3, -0.25) is 4.79 Å². The van der Waals surface area contributed by atoms with E-state index < -0.39 is 34.8 Å². The Morgan fingerprint density at radius 2 is 1.89 bits per heavy atom. The first kappa shape index (κ1) is 16.8. The second-order valence-electron chi connectivity index (χ2n) is 4.27. The number of hydrogen-bond donors (Lipinski definition) is 1. The van der Waals surface area contributed by atoms with E-state index in [1.165, 1.54) is 7.05 Å². The number of carboxylic acid groups (broad SMARTS) is 1. The van der Waals surface area contributed by atoms with Crippen molar-refractivity contribution in [2.45, 2.75) is 39.3 Å². The zero-order valence-corrected chi connectivity index (χ0v) is 11.8. The summed E-state index contributed by atoms with van der Waals surface area (Å²) in [5, 5.41) is 17.3. The first-order valence-corrected chi connectivity index (χ1v) is 6.87. The minimum atomic E-state index is -3.88.